The summed E-state index contributed by atoms with van der Waals surface area (Å²) in [6.07, 6.45) is 3.48. The van der Waals surface area contributed by atoms with Gasteiger partial charge in [0.1, 0.15) is 5.75 Å². The first-order chi connectivity index (χ1) is 15.5. The summed E-state index contributed by atoms with van der Waals surface area (Å²) in [7, 11) is 1.74. The van der Waals surface area contributed by atoms with Crippen LogP contribution in [0.5, 0.6) is 5.75 Å². The molecule has 0 aliphatic rings. The molecule has 0 saturated carbocycles. The van der Waals surface area contributed by atoms with Crippen molar-refractivity contribution in [3.63, 3.8) is 0 Å². The Bertz CT molecular complexity index is 1230. The maximum absolute atomic E-state index is 12.2. The minimum Gasteiger partial charge on any atom is -0.427 e. The molecule has 32 heavy (non-hydrogen) atoms. The molecular formula is C23H21N5O4. The van der Waals surface area contributed by atoms with Crippen LogP contribution in [0.1, 0.15) is 28.2 Å². The van der Waals surface area contributed by atoms with Gasteiger partial charge >= 0.3 is 5.97 Å². The Labute approximate surface area is 184 Å². The molecule has 4 aromatic rings. The number of carbonyl (C=O) groups is 2. The van der Waals surface area contributed by atoms with Crippen molar-refractivity contribution in [2.45, 2.75) is 19.8 Å². The molecule has 0 atom stereocenters. The van der Waals surface area contributed by atoms with E-state index in [9.17, 15) is 9.59 Å². The summed E-state index contributed by atoms with van der Waals surface area (Å²) in [6.45, 7) is 2.00. The molecule has 0 saturated heterocycles. The van der Waals surface area contributed by atoms with Crippen LogP contribution in [0.3, 0.4) is 0 Å². The highest BCUT2D eigenvalue weighted by Crippen LogP contribution is 2.20. The SMILES string of the molecule is Cc1ccc(-c2nnc(CCC(=O)Oc3ccc(NC(=O)c4cnn(C)c4)cc3)o2)cc1. The normalized spacial score (nSPS) is 10.7. The van der Waals surface area contributed by atoms with E-state index in [4.69, 9.17) is 9.15 Å². The van der Waals surface area contributed by atoms with Gasteiger partial charge in [0.2, 0.25) is 11.8 Å². The van der Waals surface area contributed by atoms with Crippen molar-refractivity contribution in [2.75, 3.05) is 5.32 Å². The number of ether oxygens (including phenoxy) is 1. The van der Waals surface area contributed by atoms with Crippen LogP contribution in [-0.2, 0) is 18.3 Å². The Morgan fingerprint density at radius 3 is 2.50 bits per heavy atom. The smallest absolute Gasteiger partial charge is 0.311 e. The van der Waals surface area contributed by atoms with Crippen molar-refractivity contribution in [3.05, 3.63) is 77.9 Å². The Morgan fingerprint density at radius 2 is 1.81 bits per heavy atom. The number of rotatable bonds is 7. The van der Waals surface area contributed by atoms with E-state index in [2.05, 4.69) is 20.6 Å². The second-order valence-electron chi connectivity index (χ2n) is 7.22. The fraction of sp³-hybridized carbons (Fsp3) is 0.174. The summed E-state index contributed by atoms with van der Waals surface area (Å²) in [4.78, 5) is 24.3. The maximum Gasteiger partial charge on any atom is 0.311 e. The Hall–Kier alpha value is -4.27. The van der Waals surface area contributed by atoms with Crippen LogP contribution in [-0.4, -0.2) is 31.9 Å². The third kappa shape index (κ3) is 5.25. The maximum atomic E-state index is 12.2. The topological polar surface area (TPSA) is 112 Å². The molecule has 0 aliphatic carbocycles. The van der Waals surface area contributed by atoms with Gasteiger partial charge < -0.3 is 14.5 Å². The van der Waals surface area contributed by atoms with Gasteiger partial charge in [-0.3, -0.25) is 14.3 Å². The van der Waals surface area contributed by atoms with E-state index in [0.29, 0.717) is 28.8 Å². The van der Waals surface area contributed by atoms with Crippen molar-refractivity contribution in [3.8, 4) is 17.2 Å². The van der Waals surface area contributed by atoms with Gasteiger partial charge in [-0.15, -0.1) is 10.2 Å². The molecule has 2 aromatic carbocycles. The standard InChI is InChI=1S/C23H21N5O4/c1-15-3-5-16(6-4-15)23-27-26-20(32-23)11-12-21(29)31-19-9-7-18(8-10-19)25-22(30)17-13-24-28(2)14-17/h3-10,13-14H,11-12H2,1-2H3,(H,25,30). The number of nitrogens with zero attached hydrogens (tertiary/aromatic N) is 4. The van der Waals surface area contributed by atoms with Gasteiger partial charge in [0.05, 0.1) is 18.2 Å². The molecule has 1 N–H and O–H groups in total. The fourth-order valence-electron chi connectivity index (χ4n) is 2.91. The van der Waals surface area contributed by atoms with Crippen molar-refractivity contribution in [2.24, 2.45) is 7.05 Å². The summed E-state index contributed by atoms with van der Waals surface area (Å²) >= 11 is 0. The minimum atomic E-state index is -0.424. The largest absolute Gasteiger partial charge is 0.427 e. The van der Waals surface area contributed by atoms with Gasteiger partial charge in [-0.05, 0) is 43.3 Å². The lowest BCUT2D eigenvalue weighted by Gasteiger charge is -2.06. The van der Waals surface area contributed by atoms with Crippen LogP contribution in [0.25, 0.3) is 11.5 Å². The van der Waals surface area contributed by atoms with E-state index in [1.807, 2.05) is 31.2 Å². The Kier molecular flexibility index (Phi) is 6.07. The third-order valence-electron chi connectivity index (χ3n) is 4.62. The predicted molar refractivity (Wildman–Crippen MR) is 116 cm³/mol. The zero-order valence-electron chi connectivity index (χ0n) is 17.6. The molecule has 0 spiro atoms. The average Bonchev–Trinajstić information content (AvgIpc) is 3.43. The first-order valence-electron chi connectivity index (χ1n) is 9.96. The van der Waals surface area contributed by atoms with Gasteiger partial charge in [0.25, 0.3) is 5.91 Å². The van der Waals surface area contributed by atoms with Crippen molar-refractivity contribution < 1.29 is 18.7 Å². The van der Waals surface area contributed by atoms with Gasteiger partial charge in [0.15, 0.2) is 0 Å². The van der Waals surface area contributed by atoms with Gasteiger partial charge in [-0.25, -0.2) is 0 Å². The molecule has 0 aliphatic heterocycles. The second kappa shape index (κ2) is 9.25. The number of amides is 1. The number of anilines is 1. The number of benzene rings is 2. The lowest BCUT2D eigenvalue weighted by Crippen LogP contribution is -2.11. The summed E-state index contributed by atoms with van der Waals surface area (Å²) in [6, 6.07) is 14.3. The minimum absolute atomic E-state index is 0.0923. The van der Waals surface area contributed by atoms with Crippen LogP contribution in [0.2, 0.25) is 0 Å². The first-order valence-corrected chi connectivity index (χ1v) is 9.96. The predicted octanol–water partition coefficient (Wildman–Crippen LogP) is 3.57. The highest BCUT2D eigenvalue weighted by Gasteiger charge is 2.13. The molecule has 0 bridgehead atoms. The first kappa shape index (κ1) is 21.0. The van der Waals surface area contributed by atoms with Crippen LogP contribution in [0.4, 0.5) is 5.69 Å². The molecule has 162 valence electrons. The fourth-order valence-corrected chi connectivity index (χ4v) is 2.91. The van der Waals surface area contributed by atoms with Crippen molar-refractivity contribution in [1.82, 2.24) is 20.0 Å². The quantitative estimate of drug-likeness (QED) is 0.352. The molecular weight excluding hydrogens is 410 g/mol. The molecule has 4 rings (SSSR count). The van der Waals surface area contributed by atoms with Crippen LogP contribution < -0.4 is 10.1 Å². The van der Waals surface area contributed by atoms with Gasteiger partial charge in [-0.1, -0.05) is 17.7 Å². The van der Waals surface area contributed by atoms with E-state index in [1.54, 1.807) is 42.2 Å². The van der Waals surface area contributed by atoms with Crippen molar-refractivity contribution >= 4 is 17.6 Å². The summed E-state index contributed by atoms with van der Waals surface area (Å²) < 4.78 is 12.5. The number of carbonyl (C=O) groups excluding carboxylic acids is 2. The van der Waals surface area contributed by atoms with E-state index in [0.717, 1.165) is 11.1 Å². The van der Waals surface area contributed by atoms with E-state index >= 15 is 0 Å². The Morgan fingerprint density at radius 1 is 1.06 bits per heavy atom. The molecule has 2 heterocycles. The molecule has 9 heteroatoms. The van der Waals surface area contributed by atoms with Crippen LogP contribution in [0.15, 0.2) is 65.3 Å². The number of hydrogen-bond donors (Lipinski definition) is 1. The summed E-state index contributed by atoms with van der Waals surface area (Å²) in [5.74, 6) is 0.461. The summed E-state index contributed by atoms with van der Waals surface area (Å²) in [5.41, 5.74) is 3.00. The number of esters is 1. The van der Waals surface area contributed by atoms with Crippen LogP contribution >= 0.6 is 0 Å². The van der Waals surface area contributed by atoms with Gasteiger partial charge in [-0.2, -0.15) is 5.10 Å². The van der Waals surface area contributed by atoms with Gasteiger partial charge in [0, 0.05) is 30.9 Å². The van der Waals surface area contributed by atoms with E-state index in [1.165, 1.54) is 6.20 Å². The molecule has 0 fully saturated rings. The van der Waals surface area contributed by atoms with Crippen LogP contribution in [0, 0.1) is 6.92 Å². The molecule has 0 unspecified atom stereocenters. The van der Waals surface area contributed by atoms with E-state index in [-0.39, 0.29) is 18.7 Å². The number of nitrogens with one attached hydrogen (secondary N) is 1. The average molecular weight is 431 g/mol. The number of aromatic nitrogens is 4. The molecule has 9 nitrogen and oxygen atoms in total. The summed E-state index contributed by atoms with van der Waals surface area (Å²) in [5, 5.41) is 14.7. The van der Waals surface area contributed by atoms with Crippen molar-refractivity contribution in [1.29, 1.82) is 0 Å². The lowest BCUT2D eigenvalue weighted by atomic mass is 10.1. The highest BCUT2D eigenvalue weighted by molar-refractivity contribution is 6.03. The second-order valence-corrected chi connectivity index (χ2v) is 7.22. The number of hydrogen-bond acceptors (Lipinski definition) is 7. The zero-order valence-corrected chi connectivity index (χ0v) is 17.6. The third-order valence-corrected chi connectivity index (χ3v) is 4.62. The lowest BCUT2D eigenvalue weighted by molar-refractivity contribution is -0.134. The van der Waals surface area contributed by atoms with E-state index < -0.39 is 5.97 Å². The molecule has 1 amide bonds. The zero-order chi connectivity index (χ0) is 22.5. The number of aryl methyl sites for hydroxylation is 3. The molecule has 2 aromatic heterocycles. The highest BCUT2D eigenvalue weighted by atomic mass is 16.5. The monoisotopic (exact) mass is 431 g/mol. The molecule has 0 radical (unpaired) electrons. The Balaban J connectivity index is 1.27.